The van der Waals surface area contributed by atoms with Crippen molar-refractivity contribution in [1.82, 2.24) is 0 Å². The van der Waals surface area contributed by atoms with Crippen molar-refractivity contribution in [2.75, 3.05) is 24.4 Å². The van der Waals surface area contributed by atoms with Crippen LogP contribution in [-0.4, -0.2) is 26.2 Å². The quantitative estimate of drug-likeness (QED) is 0.629. The second-order valence-electron chi connectivity index (χ2n) is 7.45. The van der Waals surface area contributed by atoms with E-state index in [1.54, 1.807) is 32.4 Å². The Kier molecular flexibility index (Phi) is 5.61. The van der Waals surface area contributed by atoms with Gasteiger partial charge in [-0.3, -0.25) is 4.79 Å². The summed E-state index contributed by atoms with van der Waals surface area (Å²) in [5.41, 5.74) is 3.70. The van der Waals surface area contributed by atoms with Crippen molar-refractivity contribution in [1.29, 1.82) is 0 Å². The summed E-state index contributed by atoms with van der Waals surface area (Å²) in [6, 6.07) is 23.7. The number of nitrogens with one attached hydrogen (secondary N) is 1. The minimum atomic E-state index is -0.0472. The first-order valence-corrected chi connectivity index (χ1v) is 10.1. The number of hydrogen-bond donors (Lipinski definition) is 1. The molecule has 0 unspecified atom stereocenters. The molecular formula is C25H26N2O3. The minimum Gasteiger partial charge on any atom is -0.493 e. The lowest BCUT2D eigenvalue weighted by molar-refractivity contribution is 0.0973. The molecule has 3 aromatic rings. The Morgan fingerprint density at radius 1 is 0.933 bits per heavy atom. The molecule has 0 aliphatic carbocycles. The summed E-state index contributed by atoms with van der Waals surface area (Å²) in [5, 5.41) is 3.63. The number of nitrogens with zero attached hydrogens (tertiary/aromatic N) is 1. The first kappa shape index (κ1) is 19.8. The van der Waals surface area contributed by atoms with Crippen LogP contribution < -0.4 is 19.7 Å². The number of ether oxygens (including phenoxy) is 2. The van der Waals surface area contributed by atoms with E-state index in [9.17, 15) is 4.79 Å². The lowest BCUT2D eigenvalue weighted by Gasteiger charge is -2.40. The van der Waals surface area contributed by atoms with Gasteiger partial charge in [-0.1, -0.05) is 36.4 Å². The molecule has 1 aliphatic heterocycles. The van der Waals surface area contributed by atoms with Gasteiger partial charge in [-0.05, 0) is 55.3 Å². The van der Waals surface area contributed by atoms with E-state index in [4.69, 9.17) is 9.47 Å². The molecule has 1 amide bonds. The van der Waals surface area contributed by atoms with Gasteiger partial charge in [0.25, 0.3) is 5.91 Å². The molecule has 5 heteroatoms. The highest BCUT2D eigenvalue weighted by atomic mass is 16.5. The standard InChI is InChI=1S/C25H26N2O3/c1-17-15-21(26-19-9-5-4-6-10-19)20-11-7-8-12-22(20)27(17)25(28)18-13-14-23(29-2)24(16-18)30-3/h4-14,16-17,21,26H,15H2,1-3H3/t17-,21+/m1/s1. The number of methoxy groups -OCH3 is 2. The number of rotatable bonds is 5. The predicted octanol–water partition coefficient (Wildman–Crippen LogP) is 5.30. The predicted molar refractivity (Wildman–Crippen MR) is 120 cm³/mol. The number of hydrogen-bond acceptors (Lipinski definition) is 4. The normalized spacial score (nSPS) is 17.8. The van der Waals surface area contributed by atoms with Gasteiger partial charge < -0.3 is 19.7 Å². The van der Waals surface area contributed by atoms with Crippen LogP contribution in [0.4, 0.5) is 11.4 Å². The maximum absolute atomic E-state index is 13.5. The summed E-state index contributed by atoms with van der Waals surface area (Å²) in [7, 11) is 3.16. The molecule has 1 N–H and O–H groups in total. The Morgan fingerprint density at radius 2 is 1.63 bits per heavy atom. The Morgan fingerprint density at radius 3 is 2.37 bits per heavy atom. The molecule has 154 valence electrons. The van der Waals surface area contributed by atoms with Crippen LogP contribution in [0.3, 0.4) is 0 Å². The molecule has 0 spiro atoms. The van der Waals surface area contributed by atoms with Crippen molar-refractivity contribution in [2.24, 2.45) is 0 Å². The molecule has 0 fully saturated rings. The van der Waals surface area contributed by atoms with Crippen LogP contribution in [0.5, 0.6) is 11.5 Å². The van der Waals surface area contributed by atoms with E-state index in [-0.39, 0.29) is 18.0 Å². The smallest absolute Gasteiger partial charge is 0.258 e. The van der Waals surface area contributed by atoms with Crippen LogP contribution in [0, 0.1) is 0 Å². The van der Waals surface area contributed by atoms with E-state index < -0.39 is 0 Å². The maximum atomic E-state index is 13.5. The molecule has 1 heterocycles. The average molecular weight is 402 g/mol. The molecule has 5 nitrogen and oxygen atoms in total. The Bertz CT molecular complexity index is 1040. The number of para-hydroxylation sites is 2. The molecule has 0 bridgehead atoms. The topological polar surface area (TPSA) is 50.8 Å². The van der Waals surface area contributed by atoms with Crippen LogP contribution in [0.25, 0.3) is 0 Å². The first-order valence-electron chi connectivity index (χ1n) is 10.1. The third-order valence-electron chi connectivity index (χ3n) is 5.55. The van der Waals surface area contributed by atoms with Gasteiger partial charge in [-0.2, -0.15) is 0 Å². The Hall–Kier alpha value is -3.47. The maximum Gasteiger partial charge on any atom is 0.258 e. The molecule has 0 saturated heterocycles. The van der Waals surface area contributed by atoms with Gasteiger partial charge in [0.1, 0.15) is 0 Å². The second kappa shape index (κ2) is 8.49. The van der Waals surface area contributed by atoms with Crippen LogP contribution in [0.2, 0.25) is 0 Å². The number of benzene rings is 3. The van der Waals surface area contributed by atoms with Crippen molar-refractivity contribution >= 4 is 17.3 Å². The summed E-state index contributed by atoms with van der Waals surface area (Å²) in [4.78, 5) is 15.4. The van der Waals surface area contributed by atoms with Gasteiger partial charge in [0.2, 0.25) is 0 Å². The molecule has 2 atom stereocenters. The van der Waals surface area contributed by atoms with E-state index in [1.165, 1.54) is 0 Å². The van der Waals surface area contributed by atoms with Gasteiger partial charge >= 0.3 is 0 Å². The summed E-state index contributed by atoms with van der Waals surface area (Å²) in [6.45, 7) is 2.09. The van der Waals surface area contributed by atoms with Crippen LogP contribution in [0.15, 0.2) is 72.8 Å². The lowest BCUT2D eigenvalue weighted by Crippen LogP contribution is -2.44. The Balaban J connectivity index is 1.68. The molecule has 1 aliphatic rings. The van der Waals surface area contributed by atoms with Gasteiger partial charge in [0.15, 0.2) is 11.5 Å². The number of amides is 1. The highest BCUT2D eigenvalue weighted by Gasteiger charge is 2.34. The average Bonchev–Trinajstić information content (AvgIpc) is 2.79. The monoisotopic (exact) mass is 402 g/mol. The van der Waals surface area contributed by atoms with Crippen molar-refractivity contribution in [3.8, 4) is 11.5 Å². The molecule has 0 radical (unpaired) electrons. The van der Waals surface area contributed by atoms with E-state index in [0.29, 0.717) is 17.1 Å². The SMILES string of the molecule is COc1ccc(C(=O)N2c3ccccc3[C@@H](Nc3ccccc3)C[C@H]2C)cc1OC. The van der Waals surface area contributed by atoms with Gasteiger partial charge in [0, 0.05) is 23.0 Å². The van der Waals surface area contributed by atoms with E-state index in [2.05, 4.69) is 30.4 Å². The summed E-state index contributed by atoms with van der Waals surface area (Å²) < 4.78 is 10.7. The third kappa shape index (κ3) is 3.71. The molecule has 4 rings (SSSR count). The zero-order valence-electron chi connectivity index (χ0n) is 17.5. The van der Waals surface area contributed by atoms with Crippen LogP contribution in [0.1, 0.15) is 35.3 Å². The minimum absolute atomic E-state index is 0.0294. The highest BCUT2D eigenvalue weighted by molar-refractivity contribution is 6.07. The van der Waals surface area contributed by atoms with Crippen LogP contribution >= 0.6 is 0 Å². The summed E-state index contributed by atoms with van der Waals surface area (Å²) in [5.74, 6) is 1.10. The van der Waals surface area contributed by atoms with Gasteiger partial charge in [-0.15, -0.1) is 0 Å². The Labute approximate surface area is 177 Å². The lowest BCUT2D eigenvalue weighted by atomic mass is 9.90. The van der Waals surface area contributed by atoms with Gasteiger partial charge in [-0.25, -0.2) is 0 Å². The number of anilines is 2. The molecule has 0 aromatic heterocycles. The number of carbonyl (C=O) groups excluding carboxylic acids is 1. The highest BCUT2D eigenvalue weighted by Crippen LogP contribution is 2.40. The van der Waals surface area contributed by atoms with Crippen molar-refractivity contribution in [3.63, 3.8) is 0 Å². The molecular weight excluding hydrogens is 376 g/mol. The first-order chi connectivity index (χ1) is 14.6. The summed E-state index contributed by atoms with van der Waals surface area (Å²) >= 11 is 0. The van der Waals surface area contributed by atoms with Gasteiger partial charge in [0.05, 0.1) is 20.3 Å². The number of fused-ring (bicyclic) bond motifs is 1. The molecule has 3 aromatic carbocycles. The summed E-state index contributed by atoms with van der Waals surface area (Å²) in [6.07, 6.45) is 0.810. The largest absolute Gasteiger partial charge is 0.493 e. The zero-order valence-corrected chi connectivity index (χ0v) is 17.5. The fourth-order valence-corrected chi connectivity index (χ4v) is 4.10. The third-order valence-corrected chi connectivity index (χ3v) is 5.55. The van der Waals surface area contributed by atoms with E-state index in [1.807, 2.05) is 41.3 Å². The zero-order chi connectivity index (χ0) is 21.1. The second-order valence-corrected chi connectivity index (χ2v) is 7.45. The van der Waals surface area contributed by atoms with Crippen LogP contribution in [-0.2, 0) is 0 Å². The van der Waals surface area contributed by atoms with E-state index >= 15 is 0 Å². The number of carbonyl (C=O) groups is 1. The fraction of sp³-hybridized carbons (Fsp3) is 0.240. The van der Waals surface area contributed by atoms with Crippen molar-refractivity contribution < 1.29 is 14.3 Å². The molecule has 0 saturated carbocycles. The molecule has 30 heavy (non-hydrogen) atoms. The van der Waals surface area contributed by atoms with E-state index in [0.717, 1.165) is 23.4 Å². The fourth-order valence-electron chi connectivity index (χ4n) is 4.10. The van der Waals surface area contributed by atoms with Crippen molar-refractivity contribution in [2.45, 2.75) is 25.4 Å². The van der Waals surface area contributed by atoms with Crippen molar-refractivity contribution in [3.05, 3.63) is 83.9 Å².